The molecule has 0 aromatic heterocycles. The Morgan fingerprint density at radius 1 is 1.21 bits per heavy atom. The fourth-order valence-electron chi connectivity index (χ4n) is 3.50. The monoisotopic (exact) mass is 403 g/mol. The van der Waals surface area contributed by atoms with E-state index in [1.807, 2.05) is 26.8 Å². The summed E-state index contributed by atoms with van der Waals surface area (Å²) in [7, 11) is 1.36. The molecule has 1 saturated heterocycles. The number of fused-ring (bicyclic) bond motifs is 1. The minimum atomic E-state index is -0.519. The summed E-state index contributed by atoms with van der Waals surface area (Å²) in [6.45, 7) is 14.9. The van der Waals surface area contributed by atoms with Gasteiger partial charge < -0.3 is 23.7 Å². The van der Waals surface area contributed by atoms with Crippen molar-refractivity contribution in [1.29, 1.82) is 0 Å². The van der Waals surface area contributed by atoms with Crippen molar-refractivity contribution in [2.45, 2.75) is 77.8 Å². The molecule has 0 N–H and O–H groups in total. The van der Waals surface area contributed by atoms with E-state index in [0.29, 0.717) is 13.2 Å². The van der Waals surface area contributed by atoms with Gasteiger partial charge in [0.1, 0.15) is 11.7 Å². The second-order valence-corrected chi connectivity index (χ2v) is 10.0. The second kappa shape index (κ2) is 7.60. The molecular weight excluding hydrogens is 369 g/mol. The Morgan fingerprint density at radius 2 is 1.83 bits per heavy atom. The van der Waals surface area contributed by atoms with Crippen LogP contribution in [-0.4, -0.2) is 55.1 Å². The van der Waals surface area contributed by atoms with Gasteiger partial charge >= 0.3 is 13.2 Å². The number of carbonyl (C=O) groups is 1. The number of ether oxygens (including phenoxy) is 2. The third kappa shape index (κ3) is 4.78. The first-order chi connectivity index (χ1) is 13.3. The van der Waals surface area contributed by atoms with Crippen LogP contribution in [0.4, 0.5) is 4.79 Å². The number of rotatable bonds is 3. The van der Waals surface area contributed by atoms with Crippen LogP contribution < -0.4 is 5.46 Å². The zero-order chi connectivity index (χ0) is 21.6. The van der Waals surface area contributed by atoms with Crippen LogP contribution in [0.1, 0.15) is 65.7 Å². The average Bonchev–Trinajstić information content (AvgIpc) is 2.81. The van der Waals surface area contributed by atoms with Crippen molar-refractivity contribution < 1.29 is 23.6 Å². The second-order valence-electron chi connectivity index (χ2n) is 10.0. The Morgan fingerprint density at radius 3 is 2.41 bits per heavy atom. The molecule has 0 aliphatic carbocycles. The molecule has 2 aliphatic heterocycles. The molecule has 2 aliphatic rings. The van der Waals surface area contributed by atoms with Crippen molar-refractivity contribution in [3.05, 3.63) is 29.3 Å². The van der Waals surface area contributed by atoms with Crippen molar-refractivity contribution in [2.75, 3.05) is 20.2 Å². The normalized spacial score (nSPS) is 22.9. The molecule has 0 spiro atoms. The summed E-state index contributed by atoms with van der Waals surface area (Å²) in [6.07, 6.45) is 0.306. The summed E-state index contributed by atoms with van der Waals surface area (Å²) < 4.78 is 23.8. The van der Waals surface area contributed by atoms with E-state index >= 15 is 0 Å². The van der Waals surface area contributed by atoms with E-state index in [1.54, 1.807) is 11.9 Å². The molecule has 1 atom stereocenters. The van der Waals surface area contributed by atoms with Gasteiger partial charge in [0.2, 0.25) is 0 Å². The summed E-state index contributed by atoms with van der Waals surface area (Å²) in [5.74, 6) is 0. The van der Waals surface area contributed by atoms with Crippen molar-refractivity contribution in [3.63, 3.8) is 0 Å². The van der Waals surface area contributed by atoms with E-state index in [9.17, 15) is 4.79 Å². The minimum Gasteiger partial charge on any atom is -0.444 e. The number of amides is 1. The maximum Gasteiger partial charge on any atom is 0.494 e. The fraction of sp³-hybridized carbons (Fsp3) is 0.682. The maximum atomic E-state index is 12.3. The van der Waals surface area contributed by atoms with Crippen LogP contribution >= 0.6 is 0 Å². The zero-order valence-corrected chi connectivity index (χ0v) is 19.0. The number of hydrogen-bond donors (Lipinski definition) is 0. The molecule has 3 rings (SSSR count). The van der Waals surface area contributed by atoms with Crippen LogP contribution in [0.25, 0.3) is 0 Å². The first-order valence-corrected chi connectivity index (χ1v) is 10.3. The van der Waals surface area contributed by atoms with E-state index in [4.69, 9.17) is 18.8 Å². The molecule has 6 nitrogen and oxygen atoms in total. The van der Waals surface area contributed by atoms with Crippen LogP contribution in [0.3, 0.4) is 0 Å². The molecule has 160 valence electrons. The van der Waals surface area contributed by atoms with Gasteiger partial charge in [-0.15, -0.1) is 0 Å². The van der Waals surface area contributed by atoms with Gasteiger partial charge in [-0.1, -0.05) is 18.2 Å². The van der Waals surface area contributed by atoms with Gasteiger partial charge in [-0.25, -0.2) is 4.79 Å². The van der Waals surface area contributed by atoms with Crippen molar-refractivity contribution in [2.24, 2.45) is 0 Å². The summed E-state index contributed by atoms with van der Waals surface area (Å²) in [4.78, 5) is 13.9. The quantitative estimate of drug-likeness (QED) is 0.724. The molecular formula is C22H34BNO5. The number of benzene rings is 1. The minimum absolute atomic E-state index is 0.177. The van der Waals surface area contributed by atoms with Gasteiger partial charge in [-0.05, 0) is 71.5 Å². The smallest absolute Gasteiger partial charge is 0.444 e. The molecule has 1 aromatic rings. The first kappa shape index (κ1) is 22.1. The van der Waals surface area contributed by atoms with Crippen LogP contribution in [0.15, 0.2) is 18.2 Å². The van der Waals surface area contributed by atoms with Crippen LogP contribution in [-0.2, 0) is 25.2 Å². The fourth-order valence-corrected chi connectivity index (χ4v) is 3.50. The molecule has 0 saturated carbocycles. The zero-order valence-electron chi connectivity index (χ0n) is 19.0. The number of hydrogen-bond acceptors (Lipinski definition) is 5. The van der Waals surface area contributed by atoms with Gasteiger partial charge in [0, 0.05) is 7.05 Å². The Balaban J connectivity index is 1.74. The van der Waals surface area contributed by atoms with Crippen LogP contribution in [0.5, 0.6) is 0 Å². The van der Waals surface area contributed by atoms with Crippen molar-refractivity contribution >= 4 is 18.7 Å². The SMILES string of the molecule is CN(CC1OCCc2cc(B3OC(C)(C)C(C)(C)O3)ccc21)C(=O)OC(C)(C)C. The molecule has 2 heterocycles. The molecule has 1 aromatic carbocycles. The largest absolute Gasteiger partial charge is 0.494 e. The summed E-state index contributed by atoms with van der Waals surface area (Å²) in [5, 5.41) is 0. The molecule has 1 fully saturated rings. The average molecular weight is 403 g/mol. The van der Waals surface area contributed by atoms with E-state index in [0.717, 1.165) is 17.4 Å². The Kier molecular flexibility index (Phi) is 5.80. The molecule has 7 heteroatoms. The summed E-state index contributed by atoms with van der Waals surface area (Å²) >= 11 is 0. The lowest BCUT2D eigenvalue weighted by molar-refractivity contribution is -0.00163. The summed E-state index contributed by atoms with van der Waals surface area (Å²) in [6, 6.07) is 6.26. The van der Waals surface area contributed by atoms with Crippen molar-refractivity contribution in [3.8, 4) is 0 Å². The first-order valence-electron chi connectivity index (χ1n) is 10.3. The van der Waals surface area contributed by atoms with E-state index in [2.05, 4.69) is 39.8 Å². The van der Waals surface area contributed by atoms with E-state index in [-0.39, 0.29) is 30.5 Å². The lowest BCUT2D eigenvalue weighted by atomic mass is 9.76. The van der Waals surface area contributed by atoms with Gasteiger partial charge in [0.05, 0.1) is 24.4 Å². The molecule has 1 amide bonds. The number of nitrogens with zero attached hydrogens (tertiary/aromatic N) is 1. The predicted octanol–water partition coefficient (Wildman–Crippen LogP) is 3.47. The predicted molar refractivity (Wildman–Crippen MR) is 113 cm³/mol. The highest BCUT2D eigenvalue weighted by Gasteiger charge is 2.51. The number of likely N-dealkylation sites (N-methyl/N-ethyl adjacent to an activating group) is 1. The lowest BCUT2D eigenvalue weighted by Crippen LogP contribution is -2.41. The van der Waals surface area contributed by atoms with Gasteiger partial charge in [-0.2, -0.15) is 0 Å². The lowest BCUT2D eigenvalue weighted by Gasteiger charge is -2.32. The van der Waals surface area contributed by atoms with E-state index < -0.39 is 5.60 Å². The van der Waals surface area contributed by atoms with Gasteiger partial charge in [-0.3, -0.25) is 0 Å². The highest BCUT2D eigenvalue weighted by Crippen LogP contribution is 2.37. The molecule has 0 bridgehead atoms. The Bertz CT molecular complexity index is 755. The highest BCUT2D eigenvalue weighted by atomic mass is 16.7. The topological polar surface area (TPSA) is 57.2 Å². The highest BCUT2D eigenvalue weighted by molar-refractivity contribution is 6.62. The van der Waals surface area contributed by atoms with Gasteiger partial charge in [0.15, 0.2) is 0 Å². The molecule has 0 radical (unpaired) electrons. The Hall–Kier alpha value is -1.57. The van der Waals surface area contributed by atoms with Gasteiger partial charge in [0.25, 0.3) is 0 Å². The summed E-state index contributed by atoms with van der Waals surface area (Å²) in [5.41, 5.74) is 2.08. The third-order valence-corrected chi connectivity index (χ3v) is 5.87. The Labute approximate surface area is 175 Å². The standard InChI is InChI=1S/C22H34BNO5/c1-20(2,3)27-19(25)24(8)14-18-17-10-9-16(13-15(17)11-12-26-18)23-28-21(4,5)22(6,7)29-23/h9-10,13,18H,11-12,14H2,1-8H3. The molecule has 1 unspecified atom stereocenters. The van der Waals surface area contributed by atoms with E-state index in [1.165, 1.54) is 5.56 Å². The maximum absolute atomic E-state index is 12.3. The third-order valence-electron chi connectivity index (χ3n) is 5.87. The molecule has 29 heavy (non-hydrogen) atoms. The van der Waals surface area contributed by atoms with Crippen LogP contribution in [0, 0.1) is 0 Å². The van der Waals surface area contributed by atoms with Crippen LogP contribution in [0.2, 0.25) is 0 Å². The number of carbonyl (C=O) groups excluding carboxylic acids is 1. The van der Waals surface area contributed by atoms with Crippen molar-refractivity contribution in [1.82, 2.24) is 4.90 Å².